The first kappa shape index (κ1) is 17.6. The molecule has 0 aliphatic heterocycles. The first-order valence-electron chi connectivity index (χ1n) is 8.17. The Morgan fingerprint density at radius 1 is 1.23 bits per heavy atom. The summed E-state index contributed by atoms with van der Waals surface area (Å²) in [6.45, 7) is 3.95. The Kier molecular flexibility index (Phi) is 4.73. The summed E-state index contributed by atoms with van der Waals surface area (Å²) < 4.78 is 0. The second kappa shape index (κ2) is 6.97. The minimum Gasteiger partial charge on any atom is -0.387 e. The van der Waals surface area contributed by atoms with E-state index in [4.69, 9.17) is 0 Å². The molecule has 3 aromatic rings. The number of aliphatic hydroxyl groups is 1. The van der Waals surface area contributed by atoms with Crippen molar-refractivity contribution >= 4 is 22.5 Å². The van der Waals surface area contributed by atoms with Crippen molar-refractivity contribution in [1.82, 2.24) is 10.3 Å². The molecule has 0 aliphatic rings. The van der Waals surface area contributed by atoms with E-state index in [1.165, 1.54) is 24.3 Å². The number of nitrogens with one attached hydrogen (secondary N) is 2. The summed E-state index contributed by atoms with van der Waals surface area (Å²) in [6.07, 6.45) is -0.953. The van der Waals surface area contributed by atoms with Gasteiger partial charge in [-0.25, -0.2) is 0 Å². The summed E-state index contributed by atoms with van der Waals surface area (Å²) in [5.41, 5.74) is 3.83. The Hall–Kier alpha value is -3.19. The number of amides is 1. The zero-order chi connectivity index (χ0) is 18.8. The molecule has 2 aromatic carbocycles. The summed E-state index contributed by atoms with van der Waals surface area (Å²) >= 11 is 0. The summed E-state index contributed by atoms with van der Waals surface area (Å²) in [7, 11) is 0. The number of H-pyrrole nitrogens is 1. The van der Waals surface area contributed by atoms with E-state index >= 15 is 0 Å². The number of carbonyl (C=O) groups excluding carboxylic acids is 1. The first-order valence-corrected chi connectivity index (χ1v) is 8.17. The maximum atomic E-state index is 12.5. The normalized spacial score (nSPS) is 12.1. The van der Waals surface area contributed by atoms with E-state index in [2.05, 4.69) is 10.3 Å². The van der Waals surface area contributed by atoms with Gasteiger partial charge in [0.25, 0.3) is 11.6 Å². The van der Waals surface area contributed by atoms with Crippen LogP contribution in [0.4, 0.5) is 5.69 Å². The highest BCUT2D eigenvalue weighted by Gasteiger charge is 2.16. The highest BCUT2D eigenvalue weighted by atomic mass is 16.6. The van der Waals surface area contributed by atoms with E-state index in [-0.39, 0.29) is 18.1 Å². The number of aryl methyl sites for hydroxylation is 2. The van der Waals surface area contributed by atoms with Crippen LogP contribution >= 0.6 is 0 Å². The fourth-order valence-corrected chi connectivity index (χ4v) is 2.89. The van der Waals surface area contributed by atoms with Gasteiger partial charge >= 0.3 is 0 Å². The molecule has 1 atom stereocenters. The largest absolute Gasteiger partial charge is 0.387 e. The second-order valence-corrected chi connectivity index (χ2v) is 6.18. The molecular weight excluding hydrogens is 334 g/mol. The number of hydrogen-bond acceptors (Lipinski definition) is 4. The van der Waals surface area contributed by atoms with Crippen LogP contribution in [0.25, 0.3) is 10.9 Å². The average molecular weight is 353 g/mol. The number of benzene rings is 2. The topological polar surface area (TPSA) is 108 Å². The van der Waals surface area contributed by atoms with Crippen molar-refractivity contribution in [2.75, 3.05) is 6.54 Å². The molecule has 0 bridgehead atoms. The van der Waals surface area contributed by atoms with Crippen molar-refractivity contribution in [1.29, 1.82) is 0 Å². The lowest BCUT2D eigenvalue weighted by Crippen LogP contribution is -2.28. The molecule has 0 aliphatic carbocycles. The predicted molar refractivity (Wildman–Crippen MR) is 98.2 cm³/mol. The lowest BCUT2D eigenvalue weighted by atomic mass is 10.1. The Bertz CT molecular complexity index is 976. The summed E-state index contributed by atoms with van der Waals surface area (Å²) in [4.78, 5) is 25.9. The van der Waals surface area contributed by atoms with E-state index in [0.717, 1.165) is 22.2 Å². The molecule has 0 saturated heterocycles. The minimum atomic E-state index is -0.953. The molecule has 7 nitrogen and oxygen atoms in total. The van der Waals surface area contributed by atoms with E-state index in [1.807, 2.05) is 26.0 Å². The Balaban J connectivity index is 1.72. The number of para-hydroxylation sites is 1. The number of carbonyl (C=O) groups is 1. The van der Waals surface area contributed by atoms with Gasteiger partial charge in [0, 0.05) is 29.8 Å². The monoisotopic (exact) mass is 353 g/mol. The Labute approximate surface area is 149 Å². The Morgan fingerprint density at radius 2 is 1.92 bits per heavy atom. The number of nitro benzene ring substituents is 1. The molecule has 26 heavy (non-hydrogen) atoms. The lowest BCUT2D eigenvalue weighted by molar-refractivity contribution is -0.384. The third kappa shape index (κ3) is 3.29. The van der Waals surface area contributed by atoms with Crippen LogP contribution in [0.3, 0.4) is 0 Å². The van der Waals surface area contributed by atoms with Crippen LogP contribution in [0.5, 0.6) is 0 Å². The number of nitro groups is 1. The number of hydrogen-bond donors (Lipinski definition) is 3. The van der Waals surface area contributed by atoms with Gasteiger partial charge in [0.15, 0.2) is 0 Å². The fourth-order valence-electron chi connectivity index (χ4n) is 2.89. The number of nitrogens with zero attached hydrogens (tertiary/aromatic N) is 1. The molecule has 0 fully saturated rings. The molecular formula is C19H19N3O4. The maximum absolute atomic E-state index is 12.5. The van der Waals surface area contributed by atoms with Gasteiger partial charge in [-0.3, -0.25) is 14.9 Å². The van der Waals surface area contributed by atoms with Crippen LogP contribution in [0.2, 0.25) is 0 Å². The van der Waals surface area contributed by atoms with Gasteiger partial charge in [0.1, 0.15) is 0 Å². The quantitative estimate of drug-likeness (QED) is 0.483. The van der Waals surface area contributed by atoms with Gasteiger partial charge in [0.05, 0.1) is 22.1 Å². The van der Waals surface area contributed by atoms with Crippen LogP contribution in [0.15, 0.2) is 42.5 Å². The van der Waals surface area contributed by atoms with Crippen molar-refractivity contribution in [3.8, 4) is 0 Å². The molecule has 1 heterocycles. The van der Waals surface area contributed by atoms with Crippen LogP contribution < -0.4 is 5.32 Å². The van der Waals surface area contributed by atoms with Gasteiger partial charge in [-0.2, -0.15) is 0 Å². The Morgan fingerprint density at radius 3 is 2.58 bits per heavy atom. The number of non-ortho nitro benzene ring substituents is 1. The molecule has 7 heteroatoms. The molecule has 3 rings (SSSR count). The SMILES string of the molecule is Cc1[nH]c2c(C(=O)NCC(O)c3ccc([N+](=O)[O-])cc3)cccc2c1C. The van der Waals surface area contributed by atoms with E-state index in [9.17, 15) is 20.0 Å². The number of aromatic amines is 1. The molecule has 0 saturated carbocycles. The average Bonchev–Trinajstić information content (AvgIpc) is 2.93. The third-order valence-corrected chi connectivity index (χ3v) is 4.53. The smallest absolute Gasteiger partial charge is 0.269 e. The van der Waals surface area contributed by atoms with Gasteiger partial charge in [0.2, 0.25) is 0 Å². The molecule has 0 radical (unpaired) electrons. The third-order valence-electron chi connectivity index (χ3n) is 4.53. The number of rotatable bonds is 5. The highest BCUT2D eigenvalue weighted by molar-refractivity contribution is 6.06. The lowest BCUT2D eigenvalue weighted by Gasteiger charge is -2.12. The summed E-state index contributed by atoms with van der Waals surface area (Å²) in [6, 6.07) is 11.1. The van der Waals surface area contributed by atoms with E-state index < -0.39 is 11.0 Å². The van der Waals surface area contributed by atoms with Crippen molar-refractivity contribution in [2.24, 2.45) is 0 Å². The molecule has 0 spiro atoms. The van der Waals surface area contributed by atoms with Gasteiger partial charge < -0.3 is 15.4 Å². The second-order valence-electron chi connectivity index (χ2n) is 6.18. The number of aliphatic hydroxyl groups excluding tert-OH is 1. The minimum absolute atomic E-state index is 0.00566. The van der Waals surface area contributed by atoms with Crippen molar-refractivity contribution in [2.45, 2.75) is 20.0 Å². The van der Waals surface area contributed by atoms with Gasteiger partial charge in [-0.15, -0.1) is 0 Å². The molecule has 3 N–H and O–H groups in total. The summed E-state index contributed by atoms with van der Waals surface area (Å²) in [5, 5.41) is 24.6. The highest BCUT2D eigenvalue weighted by Crippen LogP contribution is 2.24. The molecule has 1 aromatic heterocycles. The van der Waals surface area contributed by atoms with Crippen molar-refractivity contribution in [3.05, 3.63) is 75.0 Å². The van der Waals surface area contributed by atoms with E-state index in [0.29, 0.717) is 11.1 Å². The molecule has 1 amide bonds. The number of aromatic nitrogens is 1. The zero-order valence-corrected chi connectivity index (χ0v) is 14.4. The fraction of sp³-hybridized carbons (Fsp3) is 0.211. The maximum Gasteiger partial charge on any atom is 0.269 e. The standard InChI is InChI=1S/C19H19N3O4/c1-11-12(2)21-18-15(11)4-3-5-16(18)19(24)20-10-17(23)13-6-8-14(9-7-13)22(25)26/h3-9,17,21,23H,10H2,1-2H3,(H,20,24). The number of fused-ring (bicyclic) bond motifs is 1. The van der Waals surface area contributed by atoms with E-state index in [1.54, 1.807) is 6.07 Å². The van der Waals surface area contributed by atoms with Crippen LogP contribution in [-0.4, -0.2) is 27.5 Å². The molecule has 1 unspecified atom stereocenters. The first-order chi connectivity index (χ1) is 12.4. The van der Waals surface area contributed by atoms with Crippen molar-refractivity contribution in [3.63, 3.8) is 0 Å². The summed E-state index contributed by atoms with van der Waals surface area (Å²) in [5.74, 6) is -0.294. The van der Waals surface area contributed by atoms with Crippen LogP contribution in [0, 0.1) is 24.0 Å². The van der Waals surface area contributed by atoms with Gasteiger partial charge in [-0.1, -0.05) is 12.1 Å². The van der Waals surface area contributed by atoms with Crippen LogP contribution in [-0.2, 0) is 0 Å². The molecule has 134 valence electrons. The zero-order valence-electron chi connectivity index (χ0n) is 14.4. The van der Waals surface area contributed by atoms with Gasteiger partial charge in [-0.05, 0) is 43.2 Å². The van der Waals surface area contributed by atoms with Crippen molar-refractivity contribution < 1.29 is 14.8 Å². The predicted octanol–water partition coefficient (Wildman–Crippen LogP) is 3.16. The van der Waals surface area contributed by atoms with Crippen LogP contribution in [0.1, 0.15) is 33.3 Å².